The van der Waals surface area contributed by atoms with Gasteiger partial charge < -0.3 is 14.8 Å². The summed E-state index contributed by atoms with van der Waals surface area (Å²) in [5.41, 5.74) is 3.59. The Morgan fingerprint density at radius 1 is 1.03 bits per heavy atom. The first-order valence-corrected chi connectivity index (χ1v) is 11.0. The molecule has 1 heterocycles. The molecule has 34 heavy (non-hydrogen) atoms. The van der Waals surface area contributed by atoms with Crippen LogP contribution in [0.25, 0.3) is 17.1 Å². The van der Waals surface area contributed by atoms with Crippen molar-refractivity contribution >= 4 is 11.6 Å². The number of ether oxygens (including phenoxy) is 2. The van der Waals surface area contributed by atoms with Crippen molar-refractivity contribution in [1.82, 2.24) is 14.8 Å². The number of carbonyl (C=O) groups is 1. The molecule has 4 aromatic rings. The molecule has 0 unspecified atom stereocenters. The molecule has 7 nitrogen and oxygen atoms in total. The molecule has 0 atom stereocenters. The SMILES string of the molecule is CCOCCOc1nc(-c2ccc(C)cc2)n(-c2ccc(NC(=O)c3cccc(F)c3)cc2)n1. The lowest BCUT2D eigenvalue weighted by Gasteiger charge is -2.09. The van der Waals surface area contributed by atoms with Crippen molar-refractivity contribution in [2.24, 2.45) is 0 Å². The first-order chi connectivity index (χ1) is 16.5. The number of rotatable bonds is 9. The lowest BCUT2D eigenvalue weighted by molar-refractivity contribution is 0.102. The zero-order valence-corrected chi connectivity index (χ0v) is 19.0. The second-order valence-electron chi connectivity index (χ2n) is 7.55. The van der Waals surface area contributed by atoms with E-state index in [0.717, 1.165) is 16.8 Å². The second kappa shape index (κ2) is 10.7. The molecule has 0 aliphatic carbocycles. The van der Waals surface area contributed by atoms with Gasteiger partial charge in [-0.25, -0.2) is 9.07 Å². The summed E-state index contributed by atoms with van der Waals surface area (Å²) in [5.74, 6) is -0.224. The molecule has 0 bridgehead atoms. The van der Waals surface area contributed by atoms with Gasteiger partial charge in [-0.3, -0.25) is 4.79 Å². The van der Waals surface area contributed by atoms with Crippen LogP contribution in [-0.4, -0.2) is 40.5 Å². The molecule has 3 aromatic carbocycles. The van der Waals surface area contributed by atoms with Crippen molar-refractivity contribution in [2.75, 3.05) is 25.1 Å². The monoisotopic (exact) mass is 460 g/mol. The number of halogens is 1. The summed E-state index contributed by atoms with van der Waals surface area (Å²) >= 11 is 0. The fourth-order valence-corrected chi connectivity index (χ4v) is 3.28. The first-order valence-electron chi connectivity index (χ1n) is 11.0. The number of anilines is 1. The summed E-state index contributed by atoms with van der Waals surface area (Å²) < 4.78 is 26.1. The highest BCUT2D eigenvalue weighted by molar-refractivity contribution is 6.04. The molecule has 4 rings (SSSR count). The fourth-order valence-electron chi connectivity index (χ4n) is 3.28. The average molecular weight is 461 g/mol. The molecular weight excluding hydrogens is 435 g/mol. The molecule has 174 valence electrons. The number of hydrogen-bond donors (Lipinski definition) is 1. The predicted octanol–water partition coefficient (Wildman–Crippen LogP) is 5.05. The fraction of sp³-hybridized carbons (Fsp3) is 0.192. The Morgan fingerprint density at radius 3 is 2.50 bits per heavy atom. The quantitative estimate of drug-likeness (QED) is 0.354. The van der Waals surface area contributed by atoms with Crippen molar-refractivity contribution < 1.29 is 18.7 Å². The Kier molecular flexibility index (Phi) is 7.29. The van der Waals surface area contributed by atoms with Crippen LogP contribution in [0.1, 0.15) is 22.8 Å². The second-order valence-corrected chi connectivity index (χ2v) is 7.55. The van der Waals surface area contributed by atoms with Gasteiger partial charge >= 0.3 is 6.01 Å². The number of amides is 1. The standard InChI is InChI=1S/C26H25FN4O3/c1-3-33-15-16-34-26-29-24(19-9-7-18(2)8-10-19)31(30-26)23-13-11-22(12-14-23)28-25(32)20-5-4-6-21(27)17-20/h4-14,17H,3,15-16H2,1-2H3,(H,28,32). The Balaban J connectivity index is 1.57. The van der Waals surface area contributed by atoms with Gasteiger partial charge in [-0.1, -0.05) is 35.9 Å². The van der Waals surface area contributed by atoms with Crippen LogP contribution in [0.5, 0.6) is 6.01 Å². The molecule has 1 aromatic heterocycles. The van der Waals surface area contributed by atoms with Crippen LogP contribution in [0.2, 0.25) is 0 Å². The summed E-state index contributed by atoms with van der Waals surface area (Å²) in [6, 6.07) is 20.9. The highest BCUT2D eigenvalue weighted by atomic mass is 19.1. The Bertz CT molecular complexity index is 1250. The van der Waals surface area contributed by atoms with E-state index >= 15 is 0 Å². The molecule has 0 aliphatic rings. The molecule has 0 saturated carbocycles. The van der Waals surface area contributed by atoms with Crippen LogP contribution >= 0.6 is 0 Å². The maximum atomic E-state index is 13.4. The number of carbonyl (C=O) groups excluding carboxylic acids is 1. The van der Waals surface area contributed by atoms with E-state index in [2.05, 4.69) is 15.4 Å². The summed E-state index contributed by atoms with van der Waals surface area (Å²) in [6.45, 7) is 5.35. The van der Waals surface area contributed by atoms with Crippen LogP contribution in [0.3, 0.4) is 0 Å². The third-order valence-electron chi connectivity index (χ3n) is 5.02. The van der Waals surface area contributed by atoms with E-state index in [1.807, 2.05) is 50.2 Å². The average Bonchev–Trinajstić information content (AvgIpc) is 3.27. The van der Waals surface area contributed by atoms with Crippen LogP contribution in [-0.2, 0) is 4.74 Å². The third kappa shape index (κ3) is 5.65. The van der Waals surface area contributed by atoms with E-state index in [-0.39, 0.29) is 11.6 Å². The van der Waals surface area contributed by atoms with Gasteiger partial charge in [-0.05, 0) is 56.3 Å². The number of benzene rings is 3. The number of nitrogens with zero attached hydrogens (tertiary/aromatic N) is 3. The number of aromatic nitrogens is 3. The minimum absolute atomic E-state index is 0.246. The molecular formula is C26H25FN4O3. The number of hydrogen-bond acceptors (Lipinski definition) is 5. The van der Waals surface area contributed by atoms with Crippen LogP contribution < -0.4 is 10.1 Å². The minimum atomic E-state index is -0.461. The summed E-state index contributed by atoms with van der Waals surface area (Å²) in [7, 11) is 0. The molecule has 1 N–H and O–H groups in total. The van der Waals surface area contributed by atoms with Gasteiger partial charge in [0.1, 0.15) is 12.4 Å². The van der Waals surface area contributed by atoms with Gasteiger partial charge in [0, 0.05) is 23.4 Å². The maximum absolute atomic E-state index is 13.4. The van der Waals surface area contributed by atoms with E-state index in [1.165, 1.54) is 18.2 Å². The first kappa shape index (κ1) is 23.1. The number of aryl methyl sites for hydroxylation is 1. The van der Waals surface area contributed by atoms with Crippen LogP contribution in [0.15, 0.2) is 72.8 Å². The van der Waals surface area contributed by atoms with Crippen molar-refractivity contribution in [3.63, 3.8) is 0 Å². The third-order valence-corrected chi connectivity index (χ3v) is 5.02. The maximum Gasteiger partial charge on any atom is 0.336 e. The van der Waals surface area contributed by atoms with Gasteiger partial charge in [-0.15, -0.1) is 5.10 Å². The number of nitrogens with one attached hydrogen (secondary N) is 1. The van der Waals surface area contributed by atoms with E-state index in [4.69, 9.17) is 9.47 Å². The van der Waals surface area contributed by atoms with Crippen LogP contribution in [0, 0.1) is 12.7 Å². The molecule has 0 saturated heterocycles. The van der Waals surface area contributed by atoms with Crippen molar-refractivity contribution in [3.8, 4) is 23.1 Å². The van der Waals surface area contributed by atoms with Gasteiger partial charge in [-0.2, -0.15) is 4.98 Å². The van der Waals surface area contributed by atoms with Gasteiger partial charge in [0.25, 0.3) is 5.91 Å². The molecule has 1 amide bonds. The van der Waals surface area contributed by atoms with Gasteiger partial charge in [0.05, 0.1) is 12.3 Å². The molecule has 8 heteroatoms. The molecule has 0 spiro atoms. The van der Waals surface area contributed by atoms with Crippen molar-refractivity contribution in [2.45, 2.75) is 13.8 Å². The van der Waals surface area contributed by atoms with Crippen molar-refractivity contribution in [1.29, 1.82) is 0 Å². The molecule has 0 aliphatic heterocycles. The van der Waals surface area contributed by atoms with Gasteiger partial charge in [0.15, 0.2) is 5.82 Å². The normalized spacial score (nSPS) is 10.8. The molecule has 0 radical (unpaired) electrons. The lowest BCUT2D eigenvalue weighted by Crippen LogP contribution is -2.12. The zero-order valence-electron chi connectivity index (χ0n) is 19.0. The van der Waals surface area contributed by atoms with Crippen molar-refractivity contribution in [3.05, 3.63) is 89.7 Å². The van der Waals surface area contributed by atoms with E-state index in [1.54, 1.807) is 22.9 Å². The minimum Gasteiger partial charge on any atom is -0.460 e. The van der Waals surface area contributed by atoms with E-state index in [9.17, 15) is 9.18 Å². The van der Waals surface area contributed by atoms with E-state index in [0.29, 0.717) is 31.3 Å². The smallest absolute Gasteiger partial charge is 0.336 e. The van der Waals surface area contributed by atoms with E-state index < -0.39 is 11.7 Å². The summed E-state index contributed by atoms with van der Waals surface area (Å²) in [4.78, 5) is 17.0. The Labute approximate surface area is 197 Å². The topological polar surface area (TPSA) is 78.3 Å². The lowest BCUT2D eigenvalue weighted by atomic mass is 10.1. The Hall–Kier alpha value is -4.04. The Morgan fingerprint density at radius 2 is 1.79 bits per heavy atom. The zero-order chi connectivity index (χ0) is 23.9. The summed E-state index contributed by atoms with van der Waals surface area (Å²) in [6.07, 6.45) is 0. The predicted molar refractivity (Wildman–Crippen MR) is 128 cm³/mol. The highest BCUT2D eigenvalue weighted by Crippen LogP contribution is 2.25. The van der Waals surface area contributed by atoms with Gasteiger partial charge in [0.2, 0.25) is 0 Å². The largest absolute Gasteiger partial charge is 0.460 e. The molecule has 0 fully saturated rings. The van der Waals surface area contributed by atoms with Crippen LogP contribution in [0.4, 0.5) is 10.1 Å². The summed E-state index contributed by atoms with van der Waals surface area (Å²) in [5, 5.41) is 7.30. The highest BCUT2D eigenvalue weighted by Gasteiger charge is 2.15.